The SMILES string of the molecule is CC(=O)c1ccc(N2CC[NH+](CC(=O)N[C@H]3CCCC[C@H]3C)CC2)cc1. The van der Waals surface area contributed by atoms with Crippen molar-refractivity contribution >= 4 is 17.4 Å². The summed E-state index contributed by atoms with van der Waals surface area (Å²) in [5.41, 5.74) is 1.92. The number of hydrogen-bond donors (Lipinski definition) is 2. The Morgan fingerprint density at radius 3 is 2.38 bits per heavy atom. The molecule has 1 aliphatic carbocycles. The van der Waals surface area contributed by atoms with Crippen LogP contribution < -0.4 is 15.1 Å². The second kappa shape index (κ2) is 8.67. The average molecular weight is 359 g/mol. The number of nitrogens with zero attached hydrogens (tertiary/aromatic N) is 1. The summed E-state index contributed by atoms with van der Waals surface area (Å²) in [6, 6.07) is 8.22. The molecule has 0 unspecified atom stereocenters. The number of carbonyl (C=O) groups is 2. The van der Waals surface area contributed by atoms with Gasteiger partial charge in [0.2, 0.25) is 0 Å². The molecule has 2 fully saturated rings. The molecule has 1 saturated carbocycles. The van der Waals surface area contributed by atoms with Crippen molar-refractivity contribution in [2.45, 2.75) is 45.6 Å². The highest BCUT2D eigenvalue weighted by atomic mass is 16.2. The fourth-order valence-electron chi connectivity index (χ4n) is 4.18. The van der Waals surface area contributed by atoms with Gasteiger partial charge in [-0.1, -0.05) is 19.8 Å². The number of Topliss-reactive ketones (excluding diaryl/α,β-unsaturated/α-hetero) is 1. The minimum absolute atomic E-state index is 0.101. The lowest BCUT2D eigenvalue weighted by Crippen LogP contribution is -3.16. The molecule has 0 bridgehead atoms. The van der Waals surface area contributed by atoms with Crippen molar-refractivity contribution in [2.75, 3.05) is 37.6 Å². The maximum atomic E-state index is 12.4. The maximum absolute atomic E-state index is 12.4. The Bertz CT molecular complexity index is 621. The fourth-order valence-corrected chi connectivity index (χ4v) is 4.18. The highest BCUT2D eigenvalue weighted by Gasteiger charge is 2.26. The molecule has 0 spiro atoms. The number of rotatable bonds is 5. The summed E-state index contributed by atoms with van der Waals surface area (Å²) in [5, 5.41) is 3.27. The fraction of sp³-hybridized carbons (Fsp3) is 0.619. The van der Waals surface area contributed by atoms with Crippen molar-refractivity contribution in [1.29, 1.82) is 0 Å². The highest BCUT2D eigenvalue weighted by Crippen LogP contribution is 2.23. The summed E-state index contributed by atoms with van der Waals surface area (Å²) in [6.07, 6.45) is 4.91. The van der Waals surface area contributed by atoms with Gasteiger partial charge < -0.3 is 15.1 Å². The first kappa shape index (κ1) is 18.9. The van der Waals surface area contributed by atoms with Crippen molar-refractivity contribution in [3.05, 3.63) is 29.8 Å². The van der Waals surface area contributed by atoms with Crippen LogP contribution in [0.4, 0.5) is 5.69 Å². The second-order valence-corrected chi connectivity index (χ2v) is 7.95. The molecule has 1 amide bonds. The van der Waals surface area contributed by atoms with Crippen molar-refractivity contribution in [2.24, 2.45) is 5.92 Å². The van der Waals surface area contributed by atoms with Crippen LogP contribution in [0.3, 0.4) is 0 Å². The van der Waals surface area contributed by atoms with Crippen LogP contribution in [0.1, 0.15) is 49.9 Å². The van der Waals surface area contributed by atoms with E-state index in [-0.39, 0.29) is 11.7 Å². The van der Waals surface area contributed by atoms with Crippen LogP contribution in [0.15, 0.2) is 24.3 Å². The number of anilines is 1. The predicted molar refractivity (Wildman–Crippen MR) is 104 cm³/mol. The van der Waals surface area contributed by atoms with Crippen LogP contribution in [0, 0.1) is 5.92 Å². The lowest BCUT2D eigenvalue weighted by Gasteiger charge is -2.34. The molecule has 0 radical (unpaired) electrons. The zero-order valence-electron chi connectivity index (χ0n) is 16.1. The first-order valence-electron chi connectivity index (χ1n) is 10.0. The Hall–Kier alpha value is -1.88. The molecule has 1 aromatic rings. The summed E-state index contributed by atoms with van der Waals surface area (Å²) in [7, 11) is 0. The summed E-state index contributed by atoms with van der Waals surface area (Å²) in [6.45, 7) is 8.28. The normalized spacial score (nSPS) is 24.3. The van der Waals surface area contributed by atoms with E-state index in [4.69, 9.17) is 0 Å². The van der Waals surface area contributed by atoms with Gasteiger partial charge in [-0.15, -0.1) is 0 Å². The van der Waals surface area contributed by atoms with E-state index in [1.807, 2.05) is 24.3 Å². The van der Waals surface area contributed by atoms with Gasteiger partial charge in [-0.25, -0.2) is 0 Å². The third-order valence-corrected chi connectivity index (χ3v) is 5.98. The predicted octanol–water partition coefficient (Wildman–Crippen LogP) is 1.29. The molecule has 1 aromatic carbocycles. The lowest BCUT2D eigenvalue weighted by molar-refractivity contribution is -0.892. The number of amides is 1. The smallest absolute Gasteiger partial charge is 0.275 e. The van der Waals surface area contributed by atoms with E-state index in [0.717, 1.165) is 43.9 Å². The van der Waals surface area contributed by atoms with Crippen LogP contribution in [-0.2, 0) is 4.79 Å². The molecule has 1 heterocycles. The van der Waals surface area contributed by atoms with Crippen molar-refractivity contribution in [3.63, 3.8) is 0 Å². The lowest BCUT2D eigenvalue weighted by atomic mass is 9.86. The van der Waals surface area contributed by atoms with Gasteiger partial charge in [0, 0.05) is 17.3 Å². The molecule has 5 heteroatoms. The van der Waals surface area contributed by atoms with Gasteiger partial charge in [-0.05, 0) is 49.9 Å². The molecule has 3 rings (SSSR count). The van der Waals surface area contributed by atoms with E-state index in [1.54, 1.807) is 6.92 Å². The topological polar surface area (TPSA) is 53.9 Å². The summed E-state index contributed by atoms with van der Waals surface area (Å²) < 4.78 is 0. The van der Waals surface area contributed by atoms with Gasteiger partial charge in [0.05, 0.1) is 26.2 Å². The molecular weight excluding hydrogens is 326 g/mol. The standard InChI is InChI=1S/C21H31N3O2/c1-16-5-3-4-6-20(16)22-21(26)15-23-11-13-24(14-12-23)19-9-7-18(8-10-19)17(2)25/h7-10,16,20H,3-6,11-15H2,1-2H3,(H,22,26)/p+1/t16-,20+/m1/s1. The van der Waals surface area contributed by atoms with E-state index in [0.29, 0.717) is 18.5 Å². The van der Waals surface area contributed by atoms with E-state index in [2.05, 4.69) is 17.1 Å². The number of hydrogen-bond acceptors (Lipinski definition) is 3. The van der Waals surface area contributed by atoms with E-state index >= 15 is 0 Å². The largest absolute Gasteiger partial charge is 0.360 e. The number of piperazine rings is 1. The molecule has 1 saturated heterocycles. The number of carbonyl (C=O) groups excluding carboxylic acids is 2. The molecule has 0 aromatic heterocycles. The first-order chi connectivity index (χ1) is 12.5. The molecule has 26 heavy (non-hydrogen) atoms. The first-order valence-corrected chi connectivity index (χ1v) is 10.0. The molecule has 5 nitrogen and oxygen atoms in total. The summed E-state index contributed by atoms with van der Waals surface area (Å²) >= 11 is 0. The van der Waals surface area contributed by atoms with Gasteiger partial charge in [0.1, 0.15) is 0 Å². The quantitative estimate of drug-likeness (QED) is 0.780. The van der Waals surface area contributed by atoms with Gasteiger partial charge in [-0.3, -0.25) is 9.59 Å². The van der Waals surface area contributed by atoms with Crippen LogP contribution in [0.5, 0.6) is 0 Å². The van der Waals surface area contributed by atoms with Gasteiger partial charge in [0.25, 0.3) is 5.91 Å². The summed E-state index contributed by atoms with van der Waals surface area (Å²) in [4.78, 5) is 27.5. The van der Waals surface area contributed by atoms with E-state index in [9.17, 15) is 9.59 Å². The van der Waals surface area contributed by atoms with Gasteiger partial charge in [0.15, 0.2) is 12.3 Å². The summed E-state index contributed by atoms with van der Waals surface area (Å²) in [5.74, 6) is 0.916. The Morgan fingerprint density at radius 1 is 1.12 bits per heavy atom. The highest BCUT2D eigenvalue weighted by molar-refractivity contribution is 5.94. The second-order valence-electron chi connectivity index (χ2n) is 7.95. The Morgan fingerprint density at radius 2 is 1.77 bits per heavy atom. The average Bonchev–Trinajstić information content (AvgIpc) is 2.64. The van der Waals surface area contributed by atoms with Crippen LogP contribution in [0.2, 0.25) is 0 Å². The number of benzene rings is 1. The Kier molecular flexibility index (Phi) is 6.30. The van der Waals surface area contributed by atoms with Crippen molar-refractivity contribution < 1.29 is 14.5 Å². The molecule has 2 aliphatic rings. The molecular formula is C21H32N3O2+. The minimum Gasteiger partial charge on any atom is -0.360 e. The number of nitrogens with one attached hydrogen (secondary N) is 2. The van der Waals surface area contributed by atoms with Crippen LogP contribution in [-0.4, -0.2) is 50.5 Å². The third-order valence-electron chi connectivity index (χ3n) is 5.98. The van der Waals surface area contributed by atoms with Crippen molar-refractivity contribution in [3.8, 4) is 0 Å². The minimum atomic E-state index is 0.101. The molecule has 2 atom stereocenters. The number of ketones is 1. The van der Waals surface area contributed by atoms with Gasteiger partial charge in [-0.2, -0.15) is 0 Å². The Labute approximate surface area is 156 Å². The maximum Gasteiger partial charge on any atom is 0.275 e. The van der Waals surface area contributed by atoms with Crippen LogP contribution >= 0.6 is 0 Å². The molecule has 142 valence electrons. The Balaban J connectivity index is 1.44. The zero-order valence-corrected chi connectivity index (χ0v) is 16.1. The van der Waals surface area contributed by atoms with E-state index < -0.39 is 0 Å². The number of quaternary nitrogens is 1. The van der Waals surface area contributed by atoms with Crippen LogP contribution in [0.25, 0.3) is 0 Å². The van der Waals surface area contributed by atoms with E-state index in [1.165, 1.54) is 24.2 Å². The van der Waals surface area contributed by atoms with Gasteiger partial charge >= 0.3 is 0 Å². The molecule has 2 N–H and O–H groups in total. The third kappa shape index (κ3) is 4.85. The zero-order chi connectivity index (χ0) is 18.5. The monoisotopic (exact) mass is 358 g/mol. The molecule has 1 aliphatic heterocycles. The van der Waals surface area contributed by atoms with Crippen molar-refractivity contribution in [1.82, 2.24) is 5.32 Å².